The number of anilines is 1. The number of amides is 2. The van der Waals surface area contributed by atoms with E-state index in [1.807, 2.05) is 6.92 Å². The van der Waals surface area contributed by atoms with Gasteiger partial charge in [0.25, 0.3) is 0 Å². The number of rotatable bonds is 8. The number of hydrogen-bond acceptors (Lipinski definition) is 6. The number of carbonyl (C=O) groups excluding carboxylic acids is 3. The van der Waals surface area contributed by atoms with E-state index in [-0.39, 0.29) is 52.5 Å². The molecule has 0 spiro atoms. The molecule has 5 atom stereocenters. The summed E-state index contributed by atoms with van der Waals surface area (Å²) in [6.07, 6.45) is 4.07. The SMILES string of the molecule is CCOC(=O)CCN1CCCC1C(=O)NC1C(C(=O)N2CCN(c3ccccc3C)CC2)C2CC[C@]1(C)C2(C)C. The van der Waals surface area contributed by atoms with Crippen molar-refractivity contribution in [3.63, 3.8) is 0 Å². The summed E-state index contributed by atoms with van der Waals surface area (Å²) in [5, 5.41) is 3.45. The van der Waals surface area contributed by atoms with Crippen LogP contribution in [0.3, 0.4) is 0 Å². The van der Waals surface area contributed by atoms with Gasteiger partial charge in [-0.05, 0) is 74.5 Å². The smallest absolute Gasteiger partial charge is 0.307 e. The highest BCUT2D eigenvalue weighted by molar-refractivity contribution is 5.86. The van der Waals surface area contributed by atoms with Crippen LogP contribution in [0, 0.1) is 29.6 Å². The van der Waals surface area contributed by atoms with Gasteiger partial charge in [-0.15, -0.1) is 0 Å². The topological polar surface area (TPSA) is 82.2 Å². The van der Waals surface area contributed by atoms with Crippen LogP contribution >= 0.6 is 0 Å². The Labute approximate surface area is 239 Å². The zero-order valence-electron chi connectivity index (χ0n) is 25.1. The first-order chi connectivity index (χ1) is 19.1. The normalized spacial score (nSPS) is 31.4. The average Bonchev–Trinajstić information content (AvgIpc) is 3.54. The van der Waals surface area contributed by atoms with Crippen LogP contribution in [0.2, 0.25) is 0 Å². The standard InChI is InChI=1S/C32H48N4O4/c1-6-40-26(37)14-17-34-16-9-12-25(34)29(38)33-28-27(23-13-15-32(28,5)31(23,3)4)30(39)36-20-18-35(19-21-36)24-11-8-7-10-22(24)2/h7-8,10-11,23,25,27-28H,6,9,12-21H2,1-5H3,(H,33,38)/t23?,25?,27?,28?,32-/m0/s1. The van der Waals surface area contributed by atoms with E-state index in [4.69, 9.17) is 4.74 Å². The summed E-state index contributed by atoms with van der Waals surface area (Å²) >= 11 is 0. The molecule has 2 heterocycles. The molecule has 2 amide bonds. The van der Waals surface area contributed by atoms with E-state index in [9.17, 15) is 14.4 Å². The molecule has 4 fully saturated rings. The Hall–Kier alpha value is -2.61. The zero-order chi connectivity index (χ0) is 28.7. The van der Waals surface area contributed by atoms with Crippen molar-refractivity contribution in [2.75, 3.05) is 50.8 Å². The lowest BCUT2D eigenvalue weighted by molar-refractivity contribution is -0.144. The number of nitrogens with one attached hydrogen (secondary N) is 1. The molecule has 1 aromatic carbocycles. The van der Waals surface area contributed by atoms with Crippen LogP contribution in [0.5, 0.6) is 0 Å². The summed E-state index contributed by atoms with van der Waals surface area (Å²) in [6, 6.07) is 8.01. The van der Waals surface area contributed by atoms with Crippen LogP contribution in [0.1, 0.15) is 65.4 Å². The van der Waals surface area contributed by atoms with E-state index in [0.717, 1.165) is 45.3 Å². The Bertz CT molecular complexity index is 1110. The largest absolute Gasteiger partial charge is 0.466 e. The molecule has 4 aliphatic rings. The third-order valence-corrected chi connectivity index (χ3v) is 11.1. The molecule has 1 N–H and O–H groups in total. The van der Waals surface area contributed by atoms with Crippen molar-refractivity contribution in [3.05, 3.63) is 29.8 Å². The summed E-state index contributed by atoms with van der Waals surface area (Å²) in [5.74, 6) is 0.0642. The van der Waals surface area contributed by atoms with E-state index in [2.05, 4.69) is 72.0 Å². The first-order valence-electron chi connectivity index (χ1n) is 15.4. The molecule has 2 aliphatic heterocycles. The van der Waals surface area contributed by atoms with Crippen molar-refractivity contribution < 1.29 is 19.1 Å². The molecular weight excluding hydrogens is 504 g/mol. The zero-order valence-corrected chi connectivity index (χ0v) is 25.1. The number of nitrogens with zero attached hydrogens (tertiary/aromatic N) is 3. The number of likely N-dealkylation sites (tertiary alicyclic amines) is 1. The van der Waals surface area contributed by atoms with Crippen LogP contribution in [-0.4, -0.2) is 85.5 Å². The molecule has 2 saturated carbocycles. The highest BCUT2D eigenvalue weighted by Gasteiger charge is 2.68. The van der Waals surface area contributed by atoms with Gasteiger partial charge in [0.15, 0.2) is 0 Å². The number of aryl methyl sites for hydroxylation is 1. The van der Waals surface area contributed by atoms with Crippen molar-refractivity contribution >= 4 is 23.5 Å². The summed E-state index contributed by atoms with van der Waals surface area (Å²) in [7, 11) is 0. The first-order valence-corrected chi connectivity index (χ1v) is 15.4. The molecule has 2 saturated heterocycles. The molecule has 8 heteroatoms. The summed E-state index contributed by atoms with van der Waals surface area (Å²) < 4.78 is 5.10. The second-order valence-corrected chi connectivity index (χ2v) is 13.1. The highest BCUT2D eigenvalue weighted by atomic mass is 16.5. The third kappa shape index (κ3) is 5.01. The summed E-state index contributed by atoms with van der Waals surface area (Å²) in [6.45, 7) is 15.6. The fourth-order valence-electron chi connectivity index (χ4n) is 8.34. The van der Waals surface area contributed by atoms with Gasteiger partial charge < -0.3 is 19.9 Å². The maximum Gasteiger partial charge on any atom is 0.307 e. The Morgan fingerprint density at radius 2 is 1.75 bits per heavy atom. The summed E-state index contributed by atoms with van der Waals surface area (Å²) in [5.41, 5.74) is 2.34. The number of esters is 1. The van der Waals surface area contributed by atoms with Gasteiger partial charge in [-0.2, -0.15) is 0 Å². The van der Waals surface area contributed by atoms with Gasteiger partial charge in [-0.3, -0.25) is 19.3 Å². The molecule has 2 bridgehead atoms. The highest BCUT2D eigenvalue weighted by Crippen LogP contribution is 2.68. The van der Waals surface area contributed by atoms with Crippen molar-refractivity contribution in [3.8, 4) is 0 Å². The second-order valence-electron chi connectivity index (χ2n) is 13.1. The lowest BCUT2D eigenvalue weighted by atomic mass is 9.69. The number of piperazine rings is 1. The van der Waals surface area contributed by atoms with Gasteiger partial charge in [0.2, 0.25) is 11.8 Å². The number of fused-ring (bicyclic) bond motifs is 2. The number of hydrogen-bond donors (Lipinski definition) is 1. The molecular formula is C32H48N4O4. The van der Waals surface area contributed by atoms with E-state index in [1.54, 1.807) is 0 Å². The fourth-order valence-corrected chi connectivity index (χ4v) is 8.34. The van der Waals surface area contributed by atoms with Crippen molar-refractivity contribution in [1.82, 2.24) is 15.1 Å². The van der Waals surface area contributed by atoms with Crippen LogP contribution in [0.25, 0.3) is 0 Å². The number of para-hydroxylation sites is 1. The van der Waals surface area contributed by atoms with Gasteiger partial charge in [0, 0.05) is 44.5 Å². The van der Waals surface area contributed by atoms with Crippen LogP contribution in [0.4, 0.5) is 5.69 Å². The van der Waals surface area contributed by atoms with Crippen LogP contribution in [-0.2, 0) is 19.1 Å². The second kappa shape index (κ2) is 11.3. The quantitative estimate of drug-likeness (QED) is 0.496. The molecule has 0 aromatic heterocycles. The Balaban J connectivity index is 1.28. The Kier molecular flexibility index (Phi) is 8.20. The van der Waals surface area contributed by atoms with E-state index in [1.165, 1.54) is 11.3 Å². The molecule has 4 unspecified atom stereocenters. The minimum absolute atomic E-state index is 0.0121. The lowest BCUT2D eigenvalue weighted by Gasteiger charge is -2.43. The Morgan fingerprint density at radius 1 is 1.02 bits per heavy atom. The Morgan fingerprint density at radius 3 is 2.45 bits per heavy atom. The molecule has 0 radical (unpaired) electrons. The summed E-state index contributed by atoms with van der Waals surface area (Å²) in [4.78, 5) is 46.5. The van der Waals surface area contributed by atoms with Crippen molar-refractivity contribution in [2.45, 2.75) is 78.8 Å². The lowest BCUT2D eigenvalue weighted by Crippen LogP contribution is -2.59. The van der Waals surface area contributed by atoms with E-state index < -0.39 is 0 Å². The molecule has 5 rings (SSSR count). The predicted octanol–water partition coefficient (Wildman–Crippen LogP) is 3.62. The van der Waals surface area contributed by atoms with Gasteiger partial charge in [0.05, 0.1) is 25.0 Å². The molecule has 1 aromatic rings. The predicted molar refractivity (Wildman–Crippen MR) is 156 cm³/mol. The van der Waals surface area contributed by atoms with Crippen LogP contribution < -0.4 is 10.2 Å². The van der Waals surface area contributed by atoms with Gasteiger partial charge in [0.1, 0.15) is 0 Å². The van der Waals surface area contributed by atoms with Crippen LogP contribution in [0.15, 0.2) is 24.3 Å². The fraction of sp³-hybridized carbons (Fsp3) is 0.719. The van der Waals surface area contributed by atoms with E-state index >= 15 is 0 Å². The third-order valence-electron chi connectivity index (χ3n) is 11.1. The first kappa shape index (κ1) is 28.9. The molecule has 8 nitrogen and oxygen atoms in total. The monoisotopic (exact) mass is 552 g/mol. The van der Waals surface area contributed by atoms with E-state index in [0.29, 0.717) is 32.7 Å². The minimum atomic E-state index is -0.256. The number of ether oxygens (including phenoxy) is 1. The van der Waals surface area contributed by atoms with Gasteiger partial charge in [-0.25, -0.2) is 0 Å². The number of carbonyl (C=O) groups is 3. The van der Waals surface area contributed by atoms with Crippen molar-refractivity contribution in [2.24, 2.45) is 22.7 Å². The van der Waals surface area contributed by atoms with Crippen molar-refractivity contribution in [1.29, 1.82) is 0 Å². The number of benzene rings is 1. The maximum atomic E-state index is 14.2. The molecule has 2 aliphatic carbocycles. The van der Waals surface area contributed by atoms with Gasteiger partial charge >= 0.3 is 5.97 Å². The van der Waals surface area contributed by atoms with Gasteiger partial charge in [-0.1, -0.05) is 39.0 Å². The molecule has 40 heavy (non-hydrogen) atoms. The average molecular weight is 553 g/mol. The molecule has 220 valence electrons. The minimum Gasteiger partial charge on any atom is -0.466 e. The maximum absolute atomic E-state index is 14.2.